The summed E-state index contributed by atoms with van der Waals surface area (Å²) >= 11 is 5.93. The van der Waals surface area contributed by atoms with Gasteiger partial charge in [-0.3, -0.25) is 4.79 Å². The highest BCUT2D eigenvalue weighted by atomic mass is 35.5. The first-order chi connectivity index (χ1) is 17.5. The van der Waals surface area contributed by atoms with Gasteiger partial charge < -0.3 is 14.2 Å². The van der Waals surface area contributed by atoms with Gasteiger partial charge in [0.05, 0.1) is 12.1 Å². The molecule has 0 spiro atoms. The lowest BCUT2D eigenvalue weighted by molar-refractivity contribution is -0.274. The highest BCUT2D eigenvalue weighted by molar-refractivity contribution is 7.87. The van der Waals surface area contributed by atoms with Gasteiger partial charge in [-0.25, -0.2) is 9.71 Å². The molecule has 0 radical (unpaired) electrons. The van der Waals surface area contributed by atoms with Crippen molar-refractivity contribution >= 4 is 27.7 Å². The van der Waals surface area contributed by atoms with E-state index in [4.69, 9.17) is 21.1 Å². The van der Waals surface area contributed by atoms with Crippen LogP contribution in [0.5, 0.6) is 23.1 Å². The molecule has 0 saturated carbocycles. The number of carbonyl (C=O) groups is 1. The van der Waals surface area contributed by atoms with Crippen molar-refractivity contribution in [1.29, 1.82) is 0 Å². The van der Waals surface area contributed by atoms with Gasteiger partial charge in [0.1, 0.15) is 17.2 Å². The van der Waals surface area contributed by atoms with E-state index in [-0.39, 0.29) is 28.0 Å². The van der Waals surface area contributed by atoms with E-state index in [1.807, 2.05) is 4.72 Å². The maximum absolute atomic E-state index is 12.8. The van der Waals surface area contributed by atoms with Gasteiger partial charge in [0, 0.05) is 42.0 Å². The summed E-state index contributed by atoms with van der Waals surface area (Å²) in [6, 6.07) is 10.7. The Kier molecular flexibility index (Phi) is 7.48. The van der Waals surface area contributed by atoms with Crippen LogP contribution in [0.3, 0.4) is 0 Å². The van der Waals surface area contributed by atoms with Crippen molar-refractivity contribution in [3.05, 3.63) is 65.3 Å². The smallest absolute Gasteiger partial charge is 0.481 e. The number of nitrogens with one attached hydrogen (secondary N) is 1. The molecule has 1 fully saturated rings. The molecule has 4 rings (SSSR count). The Bertz CT molecular complexity index is 1430. The van der Waals surface area contributed by atoms with Gasteiger partial charge >= 0.3 is 16.6 Å². The van der Waals surface area contributed by atoms with Gasteiger partial charge in [0.15, 0.2) is 0 Å². The Morgan fingerprint density at radius 3 is 2.43 bits per heavy atom. The molecule has 0 aliphatic carbocycles. The van der Waals surface area contributed by atoms with Crippen molar-refractivity contribution in [2.75, 3.05) is 20.2 Å². The highest BCUT2D eigenvalue weighted by Gasteiger charge is 2.32. The number of hydrogen-bond donors (Lipinski definition) is 1. The number of rotatable bonds is 8. The number of amides is 1. The van der Waals surface area contributed by atoms with E-state index in [0.29, 0.717) is 30.6 Å². The number of methoxy groups -OCH3 is 1. The number of ether oxygens (including phenoxy) is 3. The van der Waals surface area contributed by atoms with Gasteiger partial charge in [0.2, 0.25) is 5.88 Å². The SMILES string of the molecule is COc1ncccc1-c1cc(C(=O)NS(=O)(=O)N2CCC2)ccc1Oc1ccc(OC(F)(F)F)c(Cl)c1. The second-order valence-electron chi connectivity index (χ2n) is 7.70. The summed E-state index contributed by atoms with van der Waals surface area (Å²) in [6.07, 6.45) is -2.73. The minimum Gasteiger partial charge on any atom is -0.481 e. The fraction of sp³-hybridized carbons (Fsp3) is 0.217. The lowest BCUT2D eigenvalue weighted by atomic mass is 10.0. The zero-order valence-electron chi connectivity index (χ0n) is 19.1. The summed E-state index contributed by atoms with van der Waals surface area (Å²) < 4.78 is 80.6. The van der Waals surface area contributed by atoms with Crippen LogP contribution in [0.15, 0.2) is 54.7 Å². The summed E-state index contributed by atoms with van der Waals surface area (Å²) in [5.41, 5.74) is 0.707. The lowest BCUT2D eigenvalue weighted by Crippen LogP contribution is -2.49. The molecule has 1 aliphatic heterocycles. The fourth-order valence-corrected chi connectivity index (χ4v) is 4.81. The zero-order valence-corrected chi connectivity index (χ0v) is 20.7. The number of aromatic nitrogens is 1. The van der Waals surface area contributed by atoms with E-state index in [1.54, 1.807) is 12.1 Å². The van der Waals surface area contributed by atoms with E-state index in [0.717, 1.165) is 16.4 Å². The van der Waals surface area contributed by atoms with E-state index in [2.05, 4.69) is 9.72 Å². The number of pyridine rings is 1. The first kappa shape index (κ1) is 26.5. The normalized spacial score (nSPS) is 14.0. The Morgan fingerprint density at radius 1 is 1.08 bits per heavy atom. The van der Waals surface area contributed by atoms with E-state index >= 15 is 0 Å². The second kappa shape index (κ2) is 10.4. The van der Waals surface area contributed by atoms with Gasteiger partial charge in [-0.05, 0) is 48.9 Å². The minimum atomic E-state index is -4.92. The summed E-state index contributed by atoms with van der Waals surface area (Å²) in [4.78, 5) is 16.9. The molecule has 0 unspecified atom stereocenters. The van der Waals surface area contributed by atoms with Crippen molar-refractivity contribution in [2.45, 2.75) is 12.8 Å². The molecule has 2 aromatic carbocycles. The third-order valence-corrected chi connectivity index (χ3v) is 7.01. The molecule has 2 heterocycles. The van der Waals surface area contributed by atoms with Crippen LogP contribution in [0, 0.1) is 0 Å². The monoisotopic (exact) mass is 557 g/mol. The number of halogens is 4. The van der Waals surface area contributed by atoms with E-state index in [9.17, 15) is 26.4 Å². The molecule has 1 saturated heterocycles. The molecule has 1 amide bonds. The van der Waals surface area contributed by atoms with Crippen LogP contribution >= 0.6 is 11.6 Å². The molecule has 9 nitrogen and oxygen atoms in total. The van der Waals surface area contributed by atoms with Crippen LogP contribution in [0.25, 0.3) is 11.1 Å². The largest absolute Gasteiger partial charge is 0.573 e. The van der Waals surface area contributed by atoms with Crippen molar-refractivity contribution < 1.29 is 40.6 Å². The van der Waals surface area contributed by atoms with Crippen molar-refractivity contribution in [2.24, 2.45) is 0 Å². The van der Waals surface area contributed by atoms with Gasteiger partial charge in [-0.15, -0.1) is 13.2 Å². The van der Waals surface area contributed by atoms with Crippen LogP contribution in [-0.2, 0) is 10.2 Å². The molecule has 1 aromatic heterocycles. The standard InChI is InChI=1S/C23H19ClF3N3O6S/c1-34-22-16(4-2-9-28-22)17-12-14(21(31)29-37(32,33)30-10-3-11-30)5-7-19(17)35-15-6-8-20(18(24)13-15)36-23(25,26)27/h2,4-9,12-13H,3,10-11H2,1H3,(H,29,31). The Hall–Kier alpha value is -3.55. The Labute approximate surface area is 214 Å². The number of hydrogen-bond acceptors (Lipinski definition) is 7. The van der Waals surface area contributed by atoms with Crippen LogP contribution in [-0.4, -0.2) is 50.2 Å². The van der Waals surface area contributed by atoms with Crippen molar-refractivity contribution in [1.82, 2.24) is 14.0 Å². The molecule has 0 atom stereocenters. The summed E-state index contributed by atoms with van der Waals surface area (Å²) in [5.74, 6) is -1.05. The minimum absolute atomic E-state index is 0.00399. The molecular formula is C23H19ClF3N3O6S. The average Bonchev–Trinajstić information content (AvgIpc) is 2.78. The number of carbonyl (C=O) groups excluding carboxylic acids is 1. The number of nitrogens with zero attached hydrogens (tertiary/aromatic N) is 2. The van der Waals surface area contributed by atoms with Crippen molar-refractivity contribution in [3.63, 3.8) is 0 Å². The van der Waals surface area contributed by atoms with Crippen LogP contribution in [0.1, 0.15) is 16.8 Å². The van der Waals surface area contributed by atoms with Crippen LogP contribution < -0.4 is 18.9 Å². The fourth-order valence-electron chi connectivity index (χ4n) is 3.38. The summed E-state index contributed by atoms with van der Waals surface area (Å²) in [6.45, 7) is 0.645. The molecule has 37 heavy (non-hydrogen) atoms. The lowest BCUT2D eigenvalue weighted by Gasteiger charge is -2.29. The molecule has 14 heteroatoms. The van der Waals surface area contributed by atoms with Gasteiger partial charge in [0.25, 0.3) is 5.91 Å². The summed E-state index contributed by atoms with van der Waals surface area (Å²) in [5, 5.41) is -0.345. The first-order valence-corrected chi connectivity index (χ1v) is 12.5. The van der Waals surface area contributed by atoms with E-state index < -0.39 is 28.2 Å². The van der Waals surface area contributed by atoms with Gasteiger partial charge in [-0.1, -0.05) is 11.6 Å². The first-order valence-electron chi connectivity index (χ1n) is 10.7. The second-order valence-corrected chi connectivity index (χ2v) is 9.78. The van der Waals surface area contributed by atoms with E-state index in [1.165, 1.54) is 37.6 Å². The Balaban J connectivity index is 1.69. The maximum Gasteiger partial charge on any atom is 0.573 e. The topological polar surface area (TPSA) is 107 Å². The van der Waals surface area contributed by atoms with Crippen LogP contribution in [0.2, 0.25) is 5.02 Å². The molecule has 3 aromatic rings. The molecule has 1 N–H and O–H groups in total. The quantitative estimate of drug-likeness (QED) is 0.425. The molecule has 0 bridgehead atoms. The predicted octanol–water partition coefficient (Wildman–Crippen LogP) is 4.78. The molecular weight excluding hydrogens is 539 g/mol. The van der Waals surface area contributed by atoms with Gasteiger partial charge in [-0.2, -0.15) is 12.7 Å². The molecule has 196 valence electrons. The maximum atomic E-state index is 12.8. The third-order valence-electron chi connectivity index (χ3n) is 5.23. The van der Waals surface area contributed by atoms with Crippen LogP contribution in [0.4, 0.5) is 13.2 Å². The number of alkyl halides is 3. The zero-order chi connectivity index (χ0) is 26.8. The van der Waals surface area contributed by atoms with Crippen molar-refractivity contribution in [3.8, 4) is 34.3 Å². The Morgan fingerprint density at radius 2 is 1.81 bits per heavy atom. The highest BCUT2D eigenvalue weighted by Crippen LogP contribution is 2.40. The average molecular weight is 558 g/mol. The third kappa shape index (κ3) is 6.24. The molecule has 1 aliphatic rings. The number of benzene rings is 2. The predicted molar refractivity (Wildman–Crippen MR) is 127 cm³/mol. The summed E-state index contributed by atoms with van der Waals surface area (Å²) in [7, 11) is -2.59.